The normalized spacial score (nSPS) is 15.0. The maximum absolute atomic E-state index is 13.6. The van der Waals surface area contributed by atoms with Crippen LogP contribution in [0.15, 0.2) is 84.9 Å². The van der Waals surface area contributed by atoms with Crippen LogP contribution in [-0.4, -0.2) is 35.3 Å². The molecule has 1 aliphatic heterocycles. The molecule has 234 valence electrons. The fraction of sp³-hybridized carbons (Fsp3) is 0.324. The molecule has 5 rings (SSSR count). The van der Waals surface area contributed by atoms with Crippen LogP contribution in [0, 0.1) is 13.8 Å². The van der Waals surface area contributed by atoms with Gasteiger partial charge in [-0.1, -0.05) is 100 Å². The summed E-state index contributed by atoms with van der Waals surface area (Å²) in [6, 6.07) is 26.9. The van der Waals surface area contributed by atoms with Gasteiger partial charge in [0.1, 0.15) is 6.61 Å². The summed E-state index contributed by atoms with van der Waals surface area (Å²) in [5.41, 5.74) is 4.81. The van der Waals surface area contributed by atoms with E-state index >= 15 is 0 Å². The van der Waals surface area contributed by atoms with E-state index < -0.39 is 5.92 Å². The molecule has 4 aromatic carbocycles. The largest absolute Gasteiger partial charge is 0.457 e. The summed E-state index contributed by atoms with van der Waals surface area (Å²) in [7, 11) is 3.91. The number of unbranched alkanes of at least 4 members (excludes halogenated alkanes) is 1. The molecule has 2 amide bonds. The van der Waals surface area contributed by atoms with Crippen molar-refractivity contribution in [1.29, 1.82) is 0 Å². The minimum Gasteiger partial charge on any atom is -0.457 e. The molecule has 0 saturated carbocycles. The third-order valence-electron chi connectivity index (χ3n) is 8.10. The summed E-state index contributed by atoms with van der Waals surface area (Å²) in [6.45, 7) is 4.19. The molecule has 4 aromatic rings. The second-order valence-corrected chi connectivity index (χ2v) is 14.4. The lowest BCUT2D eigenvalue weighted by Crippen LogP contribution is -2.34. The summed E-state index contributed by atoms with van der Waals surface area (Å²) in [6.07, 6.45) is 4.73. The van der Waals surface area contributed by atoms with Gasteiger partial charge < -0.3 is 15.4 Å². The number of aryl methyl sites for hydroxylation is 2. The van der Waals surface area contributed by atoms with Crippen LogP contribution in [0.4, 0.5) is 5.69 Å². The molecule has 45 heavy (non-hydrogen) atoms. The maximum atomic E-state index is 13.6. The molecule has 0 aromatic heterocycles. The Morgan fingerprint density at radius 2 is 1.71 bits per heavy atom. The Balaban J connectivity index is 1.22. The zero-order valence-electron chi connectivity index (χ0n) is 25.8. The van der Waals surface area contributed by atoms with Crippen molar-refractivity contribution in [2.24, 2.45) is 0 Å². The molecule has 1 saturated heterocycles. The summed E-state index contributed by atoms with van der Waals surface area (Å²) in [5.74, 6) is 0.0155. The zero-order chi connectivity index (χ0) is 31.6. The standard InChI is InChI=1S/C37H40N2O4S2/c1-25-11-18-33(26(2)21-25)37(42)43-24-27-12-14-29(15-13-27)34(23-38-35(40)10-6-5-9-32-19-20-44-45-32)36(41)39-31-17-16-28-7-3-4-8-30(28)22-31/h3-4,7-8,11-18,21-22,32,34H,5-6,9-10,19-20,23-24H2,1-2H3,(H,38,40)(H,39,41)/t32-,34-/m1/s1. The number of hydrogen-bond acceptors (Lipinski definition) is 6. The van der Waals surface area contributed by atoms with E-state index in [1.54, 1.807) is 6.07 Å². The molecule has 1 aliphatic rings. The predicted octanol–water partition coefficient (Wildman–Crippen LogP) is 8.37. The van der Waals surface area contributed by atoms with Crippen LogP contribution in [0.2, 0.25) is 0 Å². The van der Waals surface area contributed by atoms with Crippen molar-refractivity contribution in [2.75, 3.05) is 17.6 Å². The fourth-order valence-corrected chi connectivity index (χ4v) is 8.53. The number of amides is 2. The van der Waals surface area contributed by atoms with E-state index in [1.807, 2.05) is 114 Å². The van der Waals surface area contributed by atoms with Crippen molar-refractivity contribution >= 4 is 55.8 Å². The molecule has 8 heteroatoms. The van der Waals surface area contributed by atoms with Crippen molar-refractivity contribution in [3.8, 4) is 0 Å². The highest BCUT2D eigenvalue weighted by Crippen LogP contribution is 2.39. The molecule has 1 heterocycles. The van der Waals surface area contributed by atoms with E-state index in [2.05, 4.69) is 10.6 Å². The van der Waals surface area contributed by atoms with Crippen molar-refractivity contribution in [3.63, 3.8) is 0 Å². The summed E-state index contributed by atoms with van der Waals surface area (Å²) in [5, 5.41) is 8.91. The van der Waals surface area contributed by atoms with Crippen LogP contribution in [-0.2, 0) is 20.9 Å². The highest BCUT2D eigenvalue weighted by Gasteiger charge is 2.23. The number of carbonyl (C=O) groups excluding carboxylic acids is 3. The molecule has 2 N–H and O–H groups in total. The van der Waals surface area contributed by atoms with Gasteiger partial charge in [-0.25, -0.2) is 4.79 Å². The van der Waals surface area contributed by atoms with Gasteiger partial charge in [0.2, 0.25) is 11.8 Å². The average molecular weight is 641 g/mol. The third kappa shape index (κ3) is 9.38. The van der Waals surface area contributed by atoms with Crippen molar-refractivity contribution in [2.45, 2.75) is 63.7 Å². The van der Waals surface area contributed by atoms with E-state index in [4.69, 9.17) is 4.74 Å². The highest BCUT2D eigenvalue weighted by molar-refractivity contribution is 8.77. The second-order valence-electron chi connectivity index (χ2n) is 11.6. The summed E-state index contributed by atoms with van der Waals surface area (Å²) < 4.78 is 5.58. The Morgan fingerprint density at radius 3 is 2.47 bits per heavy atom. The number of benzene rings is 4. The van der Waals surface area contributed by atoms with Gasteiger partial charge in [-0.2, -0.15) is 0 Å². The lowest BCUT2D eigenvalue weighted by atomic mass is 9.96. The van der Waals surface area contributed by atoms with Gasteiger partial charge in [-0.05, 0) is 78.8 Å². The van der Waals surface area contributed by atoms with Crippen LogP contribution in [0.5, 0.6) is 0 Å². The first-order valence-electron chi connectivity index (χ1n) is 15.5. The summed E-state index contributed by atoms with van der Waals surface area (Å²) >= 11 is 0. The Labute approximate surface area is 273 Å². The third-order valence-corrected chi connectivity index (χ3v) is 11.1. The topological polar surface area (TPSA) is 84.5 Å². The van der Waals surface area contributed by atoms with E-state index in [-0.39, 0.29) is 30.9 Å². The Kier molecular flexibility index (Phi) is 11.6. The van der Waals surface area contributed by atoms with Gasteiger partial charge in [0.15, 0.2) is 0 Å². The number of ether oxygens (including phenoxy) is 1. The van der Waals surface area contributed by atoms with Crippen molar-refractivity contribution < 1.29 is 19.1 Å². The molecular formula is C37H40N2O4S2. The highest BCUT2D eigenvalue weighted by atomic mass is 33.1. The SMILES string of the molecule is Cc1ccc(C(=O)OCc2ccc([C@@H](CNC(=O)CCCC[C@@H]3CCSS3)C(=O)Nc3ccc4ccccc4c3)cc2)c(C)c1. The molecule has 0 aliphatic carbocycles. The second kappa shape index (κ2) is 16.0. The Morgan fingerprint density at radius 1 is 0.911 bits per heavy atom. The van der Waals surface area contributed by atoms with E-state index in [0.29, 0.717) is 22.9 Å². The van der Waals surface area contributed by atoms with Crippen LogP contribution in [0.3, 0.4) is 0 Å². The van der Waals surface area contributed by atoms with Crippen LogP contribution < -0.4 is 10.6 Å². The molecule has 6 nitrogen and oxygen atoms in total. The monoisotopic (exact) mass is 640 g/mol. The molecule has 0 unspecified atom stereocenters. The molecule has 0 spiro atoms. The number of esters is 1. The first kappa shape index (κ1) is 32.6. The van der Waals surface area contributed by atoms with Gasteiger partial charge in [0.05, 0.1) is 11.5 Å². The number of rotatable bonds is 13. The Hall–Kier alpha value is -3.75. The smallest absolute Gasteiger partial charge is 0.338 e. The maximum Gasteiger partial charge on any atom is 0.338 e. The van der Waals surface area contributed by atoms with Crippen LogP contribution >= 0.6 is 21.6 Å². The zero-order valence-corrected chi connectivity index (χ0v) is 27.5. The molecule has 0 bridgehead atoms. The van der Waals surface area contributed by atoms with Crippen molar-refractivity contribution in [3.05, 3.63) is 113 Å². The quantitative estimate of drug-likeness (QED) is 0.0868. The lowest BCUT2D eigenvalue weighted by Gasteiger charge is -2.19. The number of nitrogens with one attached hydrogen (secondary N) is 2. The molecule has 0 radical (unpaired) electrons. The Bertz CT molecular complexity index is 1630. The first-order valence-corrected chi connectivity index (χ1v) is 17.9. The first-order chi connectivity index (χ1) is 21.9. The van der Waals surface area contributed by atoms with Crippen LogP contribution in [0.1, 0.15) is 70.6 Å². The minimum absolute atomic E-state index is 0.0399. The van der Waals surface area contributed by atoms with E-state index in [1.165, 1.54) is 12.2 Å². The fourth-order valence-electron chi connectivity index (χ4n) is 5.50. The van der Waals surface area contributed by atoms with Gasteiger partial charge in [0.25, 0.3) is 0 Å². The molecule has 2 atom stereocenters. The molecular weight excluding hydrogens is 601 g/mol. The van der Waals surface area contributed by atoms with Gasteiger partial charge in [-0.3, -0.25) is 9.59 Å². The predicted molar refractivity (Wildman–Crippen MR) is 187 cm³/mol. The summed E-state index contributed by atoms with van der Waals surface area (Å²) in [4.78, 5) is 39.1. The number of fused-ring (bicyclic) bond motifs is 1. The van der Waals surface area contributed by atoms with E-state index in [9.17, 15) is 14.4 Å². The number of hydrogen-bond donors (Lipinski definition) is 2. The lowest BCUT2D eigenvalue weighted by molar-refractivity contribution is -0.121. The minimum atomic E-state index is -0.598. The van der Waals surface area contributed by atoms with E-state index in [0.717, 1.165) is 52.3 Å². The number of anilines is 1. The van der Waals surface area contributed by atoms with Gasteiger partial charge in [0, 0.05) is 29.7 Å². The van der Waals surface area contributed by atoms with Crippen molar-refractivity contribution in [1.82, 2.24) is 5.32 Å². The average Bonchev–Trinajstić information content (AvgIpc) is 3.56. The number of carbonyl (C=O) groups is 3. The van der Waals surface area contributed by atoms with Crippen LogP contribution in [0.25, 0.3) is 10.8 Å². The molecule has 1 fully saturated rings. The van der Waals surface area contributed by atoms with Gasteiger partial charge >= 0.3 is 5.97 Å². The van der Waals surface area contributed by atoms with Gasteiger partial charge in [-0.15, -0.1) is 0 Å².